The van der Waals surface area contributed by atoms with Crippen molar-refractivity contribution in [3.63, 3.8) is 0 Å². The molecule has 0 aromatic heterocycles. The van der Waals surface area contributed by atoms with E-state index in [-0.39, 0.29) is 18.3 Å². The van der Waals surface area contributed by atoms with E-state index in [1.165, 1.54) is 0 Å². The zero-order valence-electron chi connectivity index (χ0n) is 15.7. The summed E-state index contributed by atoms with van der Waals surface area (Å²) < 4.78 is 5.10. The van der Waals surface area contributed by atoms with E-state index >= 15 is 0 Å². The van der Waals surface area contributed by atoms with Crippen LogP contribution < -0.4 is 5.32 Å². The minimum atomic E-state index is -0.562. The topological polar surface area (TPSA) is 75.6 Å². The number of anilines is 1. The van der Waals surface area contributed by atoms with Gasteiger partial charge in [-0.2, -0.15) is 0 Å². The molecule has 0 radical (unpaired) electrons. The van der Waals surface area contributed by atoms with Crippen molar-refractivity contribution in [2.24, 2.45) is 0 Å². The first-order chi connectivity index (χ1) is 13.4. The number of ether oxygens (including phenoxy) is 1. The molecule has 0 atom stereocenters. The molecule has 0 bridgehead atoms. The number of carbonyl (C=O) groups is 2. The predicted molar refractivity (Wildman–Crippen MR) is 108 cm³/mol. The highest BCUT2D eigenvalue weighted by molar-refractivity contribution is 5.95. The lowest BCUT2D eigenvalue weighted by atomic mass is 10.0. The number of nitrogens with one attached hydrogen (secondary N) is 1. The van der Waals surface area contributed by atoms with Crippen LogP contribution in [0.1, 0.15) is 21.5 Å². The van der Waals surface area contributed by atoms with Crippen LogP contribution in [0.2, 0.25) is 0 Å². The number of phenols is 1. The Morgan fingerprint density at radius 3 is 1.96 bits per heavy atom. The highest BCUT2D eigenvalue weighted by atomic mass is 16.5. The fraction of sp³-hybridized carbons (Fsp3) is 0.130. The molecule has 3 rings (SSSR count). The molecular formula is C23H21NO4. The number of aryl methyl sites for hydroxylation is 2. The highest BCUT2D eigenvalue weighted by Crippen LogP contribution is 2.22. The molecule has 5 heteroatoms. The molecule has 0 saturated heterocycles. The van der Waals surface area contributed by atoms with E-state index < -0.39 is 5.97 Å². The van der Waals surface area contributed by atoms with Gasteiger partial charge in [-0.15, -0.1) is 0 Å². The molecule has 0 fully saturated rings. The summed E-state index contributed by atoms with van der Waals surface area (Å²) in [7, 11) is 0. The largest absolute Gasteiger partial charge is 0.508 e. The third kappa shape index (κ3) is 4.98. The van der Waals surface area contributed by atoms with Crippen LogP contribution in [-0.2, 0) is 9.53 Å². The first-order valence-electron chi connectivity index (χ1n) is 8.85. The summed E-state index contributed by atoms with van der Waals surface area (Å²) in [6, 6.07) is 19.4. The van der Waals surface area contributed by atoms with Crippen molar-refractivity contribution in [2.45, 2.75) is 13.8 Å². The molecule has 142 valence electrons. The zero-order valence-corrected chi connectivity index (χ0v) is 15.7. The van der Waals surface area contributed by atoms with E-state index in [0.717, 1.165) is 22.3 Å². The smallest absolute Gasteiger partial charge is 0.338 e. The summed E-state index contributed by atoms with van der Waals surface area (Å²) in [5, 5.41) is 12.1. The normalized spacial score (nSPS) is 10.4. The van der Waals surface area contributed by atoms with Crippen LogP contribution in [0.15, 0.2) is 66.7 Å². The van der Waals surface area contributed by atoms with Crippen LogP contribution >= 0.6 is 0 Å². The van der Waals surface area contributed by atoms with Crippen LogP contribution in [0.4, 0.5) is 5.69 Å². The van der Waals surface area contributed by atoms with E-state index in [2.05, 4.69) is 5.32 Å². The summed E-state index contributed by atoms with van der Waals surface area (Å²) in [5.41, 5.74) is 4.95. The van der Waals surface area contributed by atoms with E-state index in [0.29, 0.717) is 11.3 Å². The van der Waals surface area contributed by atoms with Gasteiger partial charge in [0.05, 0.1) is 5.56 Å². The Labute approximate surface area is 163 Å². The molecule has 3 aromatic rings. The van der Waals surface area contributed by atoms with E-state index in [1.807, 2.05) is 32.0 Å². The summed E-state index contributed by atoms with van der Waals surface area (Å²) in [6.07, 6.45) is 0. The minimum absolute atomic E-state index is 0.197. The Bertz CT molecular complexity index is 972. The second kappa shape index (κ2) is 8.39. The predicted octanol–water partition coefficient (Wildman–Crippen LogP) is 4.47. The summed E-state index contributed by atoms with van der Waals surface area (Å²) in [4.78, 5) is 24.2. The molecule has 0 heterocycles. The number of rotatable bonds is 5. The van der Waals surface area contributed by atoms with Gasteiger partial charge in [-0.1, -0.05) is 30.3 Å². The molecule has 0 aliphatic carbocycles. The third-order valence-electron chi connectivity index (χ3n) is 4.16. The first kappa shape index (κ1) is 19.2. The molecule has 1 amide bonds. The molecule has 0 aliphatic heterocycles. The van der Waals surface area contributed by atoms with Gasteiger partial charge in [-0.3, -0.25) is 4.79 Å². The number of phenolic OH excluding ortho intramolecular Hbond substituents is 1. The Hall–Kier alpha value is -3.60. The van der Waals surface area contributed by atoms with Crippen molar-refractivity contribution < 1.29 is 19.4 Å². The second-order valence-electron chi connectivity index (χ2n) is 6.62. The van der Waals surface area contributed by atoms with Gasteiger partial charge in [-0.25, -0.2) is 4.79 Å². The van der Waals surface area contributed by atoms with Crippen molar-refractivity contribution >= 4 is 17.6 Å². The van der Waals surface area contributed by atoms with Crippen LogP contribution in [0.25, 0.3) is 11.1 Å². The van der Waals surface area contributed by atoms with Crippen LogP contribution in [-0.4, -0.2) is 23.6 Å². The van der Waals surface area contributed by atoms with Crippen LogP contribution in [0.3, 0.4) is 0 Å². The van der Waals surface area contributed by atoms with Crippen molar-refractivity contribution in [1.29, 1.82) is 0 Å². The van der Waals surface area contributed by atoms with Gasteiger partial charge in [0.15, 0.2) is 6.61 Å². The number of benzene rings is 3. The number of hydrogen-bond donors (Lipinski definition) is 2. The van der Waals surface area contributed by atoms with Gasteiger partial charge < -0.3 is 15.2 Å². The molecular weight excluding hydrogens is 354 g/mol. The quantitative estimate of drug-likeness (QED) is 0.645. The number of carbonyl (C=O) groups excluding carboxylic acids is 2. The molecule has 3 aromatic carbocycles. The Morgan fingerprint density at radius 1 is 0.857 bits per heavy atom. The monoisotopic (exact) mass is 375 g/mol. The lowest BCUT2D eigenvalue weighted by Crippen LogP contribution is -2.21. The van der Waals surface area contributed by atoms with Crippen molar-refractivity contribution in [1.82, 2.24) is 0 Å². The van der Waals surface area contributed by atoms with Gasteiger partial charge in [0.2, 0.25) is 0 Å². The van der Waals surface area contributed by atoms with Crippen molar-refractivity contribution in [2.75, 3.05) is 11.9 Å². The summed E-state index contributed by atoms with van der Waals surface area (Å²) >= 11 is 0. The standard InChI is InChI=1S/C23H21NO4/c1-15-11-16(2)13-20(12-15)24-22(26)14-28-23(27)19-5-3-17(4-6-19)18-7-9-21(25)10-8-18/h3-13,25H,14H2,1-2H3,(H,24,26). The average molecular weight is 375 g/mol. The first-order valence-corrected chi connectivity index (χ1v) is 8.85. The number of esters is 1. The Morgan fingerprint density at radius 2 is 1.39 bits per heavy atom. The second-order valence-corrected chi connectivity index (χ2v) is 6.62. The summed E-state index contributed by atoms with van der Waals surface area (Å²) in [5.74, 6) is -0.755. The van der Waals surface area contributed by atoms with Gasteiger partial charge in [-0.05, 0) is 72.5 Å². The fourth-order valence-corrected chi connectivity index (χ4v) is 2.91. The maximum atomic E-state index is 12.2. The number of amides is 1. The molecule has 0 saturated carbocycles. The minimum Gasteiger partial charge on any atom is -0.508 e. The fourth-order valence-electron chi connectivity index (χ4n) is 2.91. The van der Waals surface area contributed by atoms with E-state index in [4.69, 9.17) is 4.74 Å². The van der Waals surface area contributed by atoms with Crippen LogP contribution in [0.5, 0.6) is 5.75 Å². The van der Waals surface area contributed by atoms with Gasteiger partial charge >= 0.3 is 5.97 Å². The highest BCUT2D eigenvalue weighted by Gasteiger charge is 2.11. The Balaban J connectivity index is 1.57. The van der Waals surface area contributed by atoms with Gasteiger partial charge in [0.1, 0.15) is 5.75 Å². The third-order valence-corrected chi connectivity index (χ3v) is 4.16. The lowest BCUT2D eigenvalue weighted by molar-refractivity contribution is -0.119. The van der Waals surface area contributed by atoms with Gasteiger partial charge in [0, 0.05) is 5.69 Å². The van der Waals surface area contributed by atoms with Crippen molar-refractivity contribution in [3.05, 3.63) is 83.4 Å². The zero-order chi connectivity index (χ0) is 20.1. The lowest BCUT2D eigenvalue weighted by Gasteiger charge is -2.09. The number of hydrogen-bond acceptors (Lipinski definition) is 4. The maximum absolute atomic E-state index is 12.2. The molecule has 0 aliphatic rings. The molecule has 0 spiro atoms. The Kier molecular flexibility index (Phi) is 5.75. The average Bonchev–Trinajstić information content (AvgIpc) is 2.66. The number of aromatic hydroxyl groups is 1. The van der Waals surface area contributed by atoms with Crippen LogP contribution in [0, 0.1) is 13.8 Å². The van der Waals surface area contributed by atoms with Gasteiger partial charge in [0.25, 0.3) is 5.91 Å². The molecule has 0 unspecified atom stereocenters. The van der Waals surface area contributed by atoms with E-state index in [1.54, 1.807) is 48.5 Å². The molecule has 5 nitrogen and oxygen atoms in total. The SMILES string of the molecule is Cc1cc(C)cc(NC(=O)COC(=O)c2ccc(-c3ccc(O)cc3)cc2)c1. The van der Waals surface area contributed by atoms with E-state index in [9.17, 15) is 14.7 Å². The summed E-state index contributed by atoms with van der Waals surface area (Å²) in [6.45, 7) is 3.54. The maximum Gasteiger partial charge on any atom is 0.338 e. The molecule has 28 heavy (non-hydrogen) atoms. The van der Waals surface area contributed by atoms with Crippen molar-refractivity contribution in [3.8, 4) is 16.9 Å². The molecule has 2 N–H and O–H groups in total.